The van der Waals surface area contributed by atoms with E-state index in [1.54, 1.807) is 11.0 Å². The molecule has 0 aromatic heterocycles. The Labute approximate surface area is 151 Å². The van der Waals surface area contributed by atoms with Crippen LogP contribution in [-0.2, 0) is 9.59 Å². The molecule has 1 aliphatic rings. The summed E-state index contributed by atoms with van der Waals surface area (Å²) in [5.41, 5.74) is 2.05. The summed E-state index contributed by atoms with van der Waals surface area (Å²) in [5, 5.41) is 3.20. The third kappa shape index (κ3) is 4.51. The first kappa shape index (κ1) is 17.3. The van der Waals surface area contributed by atoms with Crippen LogP contribution >= 0.6 is 11.6 Å². The van der Waals surface area contributed by atoms with Gasteiger partial charge in [0.05, 0.1) is 5.02 Å². The van der Waals surface area contributed by atoms with Crippen LogP contribution < -0.4 is 10.1 Å². The summed E-state index contributed by atoms with van der Waals surface area (Å²) in [5.74, 6) is 0.286. The van der Waals surface area contributed by atoms with Gasteiger partial charge in [-0.1, -0.05) is 48.0 Å². The maximum atomic E-state index is 12.2. The number of rotatable bonds is 4. The number of nitrogens with zero attached hydrogens (tertiary/aromatic N) is 1. The standard InChI is InChI=1S/C19H19ClN2O3/c20-16-12-15(14-4-2-1-3-5-14)6-7-17(16)25-13-19(24)22-10-8-18(23)21-9-11-22/h1-7,12H,8-11,13H2,(H,21,23). The Morgan fingerprint density at radius 2 is 1.92 bits per heavy atom. The first-order valence-electron chi connectivity index (χ1n) is 8.16. The molecule has 0 atom stereocenters. The molecule has 1 N–H and O–H groups in total. The smallest absolute Gasteiger partial charge is 0.260 e. The molecule has 130 valence electrons. The van der Waals surface area contributed by atoms with Crippen molar-refractivity contribution in [1.82, 2.24) is 10.2 Å². The summed E-state index contributed by atoms with van der Waals surface area (Å²) >= 11 is 6.29. The van der Waals surface area contributed by atoms with Gasteiger partial charge in [0.15, 0.2) is 6.61 Å². The van der Waals surface area contributed by atoms with Crippen molar-refractivity contribution < 1.29 is 14.3 Å². The fraction of sp³-hybridized carbons (Fsp3) is 0.263. The predicted octanol–water partition coefficient (Wildman–Crippen LogP) is 2.73. The third-order valence-corrected chi connectivity index (χ3v) is 4.35. The minimum atomic E-state index is -0.153. The molecule has 0 saturated carbocycles. The Hall–Kier alpha value is -2.53. The Morgan fingerprint density at radius 1 is 1.12 bits per heavy atom. The van der Waals surface area contributed by atoms with Gasteiger partial charge in [0.1, 0.15) is 5.75 Å². The zero-order chi connectivity index (χ0) is 17.6. The Kier molecular flexibility index (Phi) is 5.56. The van der Waals surface area contributed by atoms with Crippen LogP contribution in [0.1, 0.15) is 6.42 Å². The normalized spacial score (nSPS) is 14.6. The van der Waals surface area contributed by atoms with Crippen molar-refractivity contribution in [2.45, 2.75) is 6.42 Å². The third-order valence-electron chi connectivity index (χ3n) is 4.06. The van der Waals surface area contributed by atoms with E-state index in [9.17, 15) is 9.59 Å². The number of carbonyl (C=O) groups is 2. The second-order valence-electron chi connectivity index (χ2n) is 5.78. The number of amides is 2. The summed E-state index contributed by atoms with van der Waals surface area (Å²) < 4.78 is 5.58. The summed E-state index contributed by atoms with van der Waals surface area (Å²) in [4.78, 5) is 25.2. The molecule has 0 radical (unpaired) electrons. The molecule has 2 aromatic carbocycles. The maximum absolute atomic E-state index is 12.2. The van der Waals surface area contributed by atoms with Gasteiger partial charge < -0.3 is 15.0 Å². The number of hydrogen-bond donors (Lipinski definition) is 1. The number of benzene rings is 2. The van der Waals surface area contributed by atoms with Gasteiger partial charge in [-0.15, -0.1) is 0 Å². The van der Waals surface area contributed by atoms with Crippen LogP contribution in [0, 0.1) is 0 Å². The topological polar surface area (TPSA) is 58.6 Å². The zero-order valence-corrected chi connectivity index (χ0v) is 14.5. The SMILES string of the molecule is O=C1CCN(C(=O)COc2ccc(-c3ccccc3)cc2Cl)CCN1. The van der Waals surface area contributed by atoms with Crippen LogP contribution in [0.5, 0.6) is 5.75 Å². The maximum Gasteiger partial charge on any atom is 0.260 e. The lowest BCUT2D eigenvalue weighted by atomic mass is 10.1. The molecule has 2 aromatic rings. The Morgan fingerprint density at radius 3 is 2.68 bits per heavy atom. The van der Waals surface area contributed by atoms with Crippen LogP contribution in [0.4, 0.5) is 0 Å². The van der Waals surface area contributed by atoms with Gasteiger partial charge in [0, 0.05) is 26.1 Å². The molecule has 5 nitrogen and oxygen atoms in total. The van der Waals surface area contributed by atoms with E-state index in [0.717, 1.165) is 11.1 Å². The van der Waals surface area contributed by atoms with Crippen molar-refractivity contribution in [1.29, 1.82) is 0 Å². The first-order valence-corrected chi connectivity index (χ1v) is 8.53. The number of halogens is 1. The molecule has 2 amide bonds. The zero-order valence-electron chi connectivity index (χ0n) is 13.7. The van der Waals surface area contributed by atoms with Gasteiger partial charge in [-0.05, 0) is 23.3 Å². The van der Waals surface area contributed by atoms with Gasteiger partial charge in [-0.25, -0.2) is 0 Å². The largest absolute Gasteiger partial charge is 0.482 e. The molecule has 0 spiro atoms. The monoisotopic (exact) mass is 358 g/mol. The van der Waals surface area contributed by atoms with E-state index in [1.807, 2.05) is 42.5 Å². The molecule has 1 aliphatic heterocycles. The Bertz CT molecular complexity index is 765. The Balaban J connectivity index is 1.61. The highest BCUT2D eigenvalue weighted by molar-refractivity contribution is 6.32. The highest BCUT2D eigenvalue weighted by Gasteiger charge is 2.19. The summed E-state index contributed by atoms with van der Waals surface area (Å²) in [6.45, 7) is 1.28. The van der Waals surface area contributed by atoms with Crippen molar-refractivity contribution in [3.63, 3.8) is 0 Å². The predicted molar refractivity (Wildman–Crippen MR) is 96.6 cm³/mol. The average Bonchev–Trinajstić information content (AvgIpc) is 2.86. The minimum Gasteiger partial charge on any atom is -0.482 e. The van der Waals surface area contributed by atoms with Gasteiger partial charge in [0.2, 0.25) is 5.91 Å². The molecule has 0 unspecified atom stereocenters. The van der Waals surface area contributed by atoms with E-state index in [2.05, 4.69) is 5.32 Å². The average molecular weight is 359 g/mol. The van der Waals surface area contributed by atoms with Crippen LogP contribution in [0.25, 0.3) is 11.1 Å². The van der Waals surface area contributed by atoms with Crippen molar-refractivity contribution in [3.05, 3.63) is 53.6 Å². The summed E-state index contributed by atoms with van der Waals surface area (Å²) in [6.07, 6.45) is 0.318. The molecular weight excluding hydrogens is 340 g/mol. The first-order chi connectivity index (χ1) is 12.1. The van der Waals surface area contributed by atoms with Crippen molar-refractivity contribution in [3.8, 4) is 16.9 Å². The van der Waals surface area contributed by atoms with E-state index in [4.69, 9.17) is 16.3 Å². The number of ether oxygens (including phenoxy) is 1. The minimum absolute atomic E-state index is 0.0317. The van der Waals surface area contributed by atoms with Crippen molar-refractivity contribution in [2.24, 2.45) is 0 Å². The molecule has 0 bridgehead atoms. The van der Waals surface area contributed by atoms with Crippen LogP contribution in [0.2, 0.25) is 5.02 Å². The van der Waals surface area contributed by atoms with Gasteiger partial charge in [0.25, 0.3) is 5.91 Å². The fourth-order valence-corrected chi connectivity index (χ4v) is 2.91. The number of carbonyl (C=O) groups excluding carboxylic acids is 2. The summed E-state index contributed by atoms with van der Waals surface area (Å²) in [6, 6.07) is 15.4. The molecule has 3 rings (SSSR count). The van der Waals surface area contributed by atoms with E-state index in [1.165, 1.54) is 0 Å². The second-order valence-corrected chi connectivity index (χ2v) is 6.19. The van der Waals surface area contributed by atoms with Crippen LogP contribution in [0.15, 0.2) is 48.5 Å². The van der Waals surface area contributed by atoms with E-state index < -0.39 is 0 Å². The number of hydrogen-bond acceptors (Lipinski definition) is 3. The van der Waals surface area contributed by atoms with Crippen LogP contribution in [-0.4, -0.2) is 43.0 Å². The molecular formula is C19H19ClN2O3. The lowest BCUT2D eigenvalue weighted by Gasteiger charge is -2.19. The molecule has 0 aliphatic carbocycles. The van der Waals surface area contributed by atoms with Gasteiger partial charge >= 0.3 is 0 Å². The molecule has 1 fully saturated rings. The van der Waals surface area contributed by atoms with Gasteiger partial charge in [-0.3, -0.25) is 9.59 Å². The molecule has 6 heteroatoms. The lowest BCUT2D eigenvalue weighted by Crippen LogP contribution is -2.37. The van der Waals surface area contributed by atoms with E-state index >= 15 is 0 Å². The quantitative estimate of drug-likeness (QED) is 0.914. The second kappa shape index (κ2) is 8.03. The van der Waals surface area contributed by atoms with Crippen molar-refractivity contribution >= 4 is 23.4 Å². The van der Waals surface area contributed by atoms with Gasteiger partial charge in [-0.2, -0.15) is 0 Å². The fourth-order valence-electron chi connectivity index (χ4n) is 2.68. The molecule has 1 heterocycles. The summed E-state index contributed by atoms with van der Waals surface area (Å²) in [7, 11) is 0. The van der Waals surface area contributed by atoms with E-state index in [0.29, 0.717) is 36.8 Å². The molecule has 1 saturated heterocycles. The highest BCUT2D eigenvalue weighted by Crippen LogP contribution is 2.30. The van der Waals surface area contributed by atoms with Crippen LogP contribution in [0.3, 0.4) is 0 Å². The molecule has 25 heavy (non-hydrogen) atoms. The van der Waals surface area contributed by atoms with E-state index in [-0.39, 0.29) is 18.4 Å². The highest BCUT2D eigenvalue weighted by atomic mass is 35.5. The number of nitrogens with one attached hydrogen (secondary N) is 1. The van der Waals surface area contributed by atoms with Crippen molar-refractivity contribution in [2.75, 3.05) is 26.2 Å². The lowest BCUT2D eigenvalue weighted by molar-refractivity contribution is -0.133.